The Morgan fingerprint density at radius 3 is 2.77 bits per heavy atom. The molecule has 0 bridgehead atoms. The number of aromatic amines is 1. The van der Waals surface area contributed by atoms with Crippen LogP contribution in [-0.4, -0.2) is 37.5 Å². The molecule has 0 radical (unpaired) electrons. The molecule has 2 aromatic heterocycles. The molecule has 0 saturated carbocycles. The lowest BCUT2D eigenvalue weighted by molar-refractivity contribution is -0.135. The molecule has 3 rings (SSSR count). The molecule has 2 aromatic rings. The monoisotopic (exact) mass is 378 g/mol. The zero-order valence-corrected chi connectivity index (χ0v) is 13.4. The highest BCUT2D eigenvalue weighted by Crippen LogP contribution is 2.34. The fourth-order valence-corrected chi connectivity index (χ4v) is 2.86. The fourth-order valence-electron chi connectivity index (χ4n) is 2.49. The Bertz CT molecular complexity index is 677. The number of hydrogen-bond acceptors (Lipinski definition) is 4. The van der Waals surface area contributed by atoms with Crippen LogP contribution in [0.2, 0.25) is 0 Å². The molecule has 0 spiro atoms. The Balaban J connectivity index is 1.74. The van der Waals surface area contributed by atoms with Gasteiger partial charge in [-0.2, -0.15) is 18.3 Å². The van der Waals surface area contributed by atoms with E-state index in [1.807, 2.05) is 4.90 Å². The molecular weight excluding hydrogens is 365 g/mol. The molecule has 1 N–H and O–H groups in total. The zero-order valence-electron chi connectivity index (χ0n) is 11.8. The lowest BCUT2D eigenvalue weighted by Crippen LogP contribution is -2.32. The summed E-state index contributed by atoms with van der Waals surface area (Å²) < 4.78 is 38.9. The number of imidazole rings is 1. The molecule has 120 valence electrons. The average molecular weight is 379 g/mol. The van der Waals surface area contributed by atoms with Crippen molar-refractivity contribution in [3.8, 4) is 11.5 Å². The van der Waals surface area contributed by atoms with Crippen LogP contribution in [0.4, 0.5) is 19.0 Å². The maximum absolute atomic E-state index is 12.2. The lowest BCUT2D eigenvalue weighted by Gasteiger charge is -2.27. The van der Waals surface area contributed by atoms with Crippen LogP contribution in [0.5, 0.6) is 0 Å². The Morgan fingerprint density at radius 1 is 1.27 bits per heavy atom. The molecule has 0 atom stereocenters. The average Bonchev–Trinajstić information content (AvgIpc) is 2.95. The summed E-state index contributed by atoms with van der Waals surface area (Å²) in [4.78, 5) is 13.7. The first-order valence-electron chi connectivity index (χ1n) is 6.82. The lowest BCUT2D eigenvalue weighted by atomic mass is 10.2. The summed E-state index contributed by atoms with van der Waals surface area (Å²) >= 11 is 3.29. The van der Waals surface area contributed by atoms with Gasteiger partial charge in [0.2, 0.25) is 0 Å². The van der Waals surface area contributed by atoms with Crippen LogP contribution < -0.4 is 4.90 Å². The smallest absolute Gasteiger partial charge is 0.335 e. The highest BCUT2D eigenvalue weighted by atomic mass is 79.9. The second-order valence-electron chi connectivity index (χ2n) is 5.19. The van der Waals surface area contributed by atoms with Gasteiger partial charge in [0.05, 0.1) is 0 Å². The van der Waals surface area contributed by atoms with Crippen molar-refractivity contribution in [1.82, 2.24) is 24.7 Å². The first kappa shape index (κ1) is 15.3. The summed E-state index contributed by atoms with van der Waals surface area (Å²) in [5.41, 5.74) is 0.731. The highest BCUT2D eigenvalue weighted by Gasteiger charge is 2.29. The summed E-state index contributed by atoms with van der Waals surface area (Å²) in [6.07, 6.45) is -4.32. The van der Waals surface area contributed by atoms with Crippen molar-refractivity contribution in [3.05, 3.63) is 10.6 Å². The van der Waals surface area contributed by atoms with E-state index in [1.165, 1.54) is 0 Å². The second-order valence-corrected chi connectivity index (χ2v) is 5.94. The summed E-state index contributed by atoms with van der Waals surface area (Å²) in [7, 11) is 0. The third-order valence-electron chi connectivity index (χ3n) is 3.40. The fraction of sp³-hybridized carbons (Fsp3) is 0.583. The van der Waals surface area contributed by atoms with E-state index in [4.69, 9.17) is 0 Å². The molecule has 3 heterocycles. The van der Waals surface area contributed by atoms with E-state index in [0.29, 0.717) is 41.8 Å². The Labute approximate surface area is 132 Å². The van der Waals surface area contributed by atoms with Gasteiger partial charge in [-0.25, -0.2) is 14.6 Å². The van der Waals surface area contributed by atoms with Crippen LogP contribution in [0.1, 0.15) is 25.1 Å². The third kappa shape index (κ3) is 3.11. The Morgan fingerprint density at radius 2 is 2.05 bits per heavy atom. The molecule has 0 saturated heterocycles. The highest BCUT2D eigenvalue weighted by molar-refractivity contribution is 9.10. The van der Waals surface area contributed by atoms with Crippen molar-refractivity contribution in [2.24, 2.45) is 0 Å². The molecule has 6 nitrogen and oxygen atoms in total. The minimum Gasteiger partial charge on any atom is -0.335 e. The number of halogens is 4. The number of anilines is 1. The van der Waals surface area contributed by atoms with Crippen molar-refractivity contribution < 1.29 is 13.2 Å². The van der Waals surface area contributed by atoms with Crippen LogP contribution in [0.3, 0.4) is 0 Å². The zero-order chi connectivity index (χ0) is 15.9. The van der Waals surface area contributed by atoms with Gasteiger partial charge in [0.25, 0.3) is 0 Å². The van der Waals surface area contributed by atoms with E-state index in [1.54, 1.807) is 11.6 Å². The molecule has 0 aromatic carbocycles. The van der Waals surface area contributed by atoms with E-state index >= 15 is 0 Å². The maximum Gasteiger partial charge on any atom is 0.389 e. The van der Waals surface area contributed by atoms with Gasteiger partial charge in [-0.3, -0.25) is 0 Å². The maximum atomic E-state index is 12.2. The molecular formula is C12H14BrF3N6. The summed E-state index contributed by atoms with van der Waals surface area (Å²) in [6.45, 7) is 2.72. The number of rotatable bonds is 4. The van der Waals surface area contributed by atoms with Crippen molar-refractivity contribution in [1.29, 1.82) is 0 Å². The van der Waals surface area contributed by atoms with E-state index in [9.17, 15) is 13.2 Å². The quantitative estimate of drug-likeness (QED) is 0.829. The van der Waals surface area contributed by atoms with Crippen molar-refractivity contribution in [3.63, 3.8) is 0 Å². The number of unbranched alkanes of at least 4 members (excludes halogenated alkanes) is 1. The number of fused-ring (bicyclic) bond motifs is 3. The summed E-state index contributed by atoms with van der Waals surface area (Å²) in [6, 6.07) is 0. The molecule has 1 aliphatic rings. The summed E-state index contributed by atoms with van der Waals surface area (Å²) in [5.74, 6) is 2.03. The van der Waals surface area contributed by atoms with Crippen LogP contribution in [0.15, 0.2) is 4.73 Å². The van der Waals surface area contributed by atoms with Crippen molar-refractivity contribution in [2.75, 3.05) is 11.4 Å². The van der Waals surface area contributed by atoms with Gasteiger partial charge in [0.1, 0.15) is 18.2 Å². The van der Waals surface area contributed by atoms with Crippen LogP contribution in [0.25, 0.3) is 11.5 Å². The van der Waals surface area contributed by atoms with E-state index in [2.05, 4.69) is 36.0 Å². The first-order valence-corrected chi connectivity index (χ1v) is 7.62. The molecule has 1 aliphatic heterocycles. The second kappa shape index (κ2) is 5.56. The van der Waals surface area contributed by atoms with Crippen molar-refractivity contribution in [2.45, 2.75) is 39.0 Å². The first-order chi connectivity index (χ1) is 10.3. The molecule has 0 amide bonds. The number of H-pyrrole nitrogens is 1. The van der Waals surface area contributed by atoms with Gasteiger partial charge in [-0.15, -0.1) is 0 Å². The van der Waals surface area contributed by atoms with Gasteiger partial charge >= 0.3 is 6.18 Å². The van der Waals surface area contributed by atoms with Crippen LogP contribution in [0, 0.1) is 6.92 Å². The normalized spacial score (nSPS) is 14.1. The van der Waals surface area contributed by atoms with E-state index < -0.39 is 12.6 Å². The third-order valence-corrected chi connectivity index (χ3v) is 3.78. The molecule has 0 fully saturated rings. The Kier molecular flexibility index (Phi) is 3.87. The van der Waals surface area contributed by atoms with E-state index in [0.717, 1.165) is 5.69 Å². The number of aromatic nitrogens is 5. The van der Waals surface area contributed by atoms with Gasteiger partial charge < -0.3 is 9.88 Å². The van der Waals surface area contributed by atoms with Crippen LogP contribution >= 0.6 is 15.9 Å². The van der Waals surface area contributed by atoms with Gasteiger partial charge in [0.15, 0.2) is 16.4 Å². The molecule has 10 heteroatoms. The topological polar surface area (TPSA) is 62.6 Å². The number of aryl methyl sites for hydroxylation is 1. The minimum atomic E-state index is -4.10. The minimum absolute atomic E-state index is 0.101. The summed E-state index contributed by atoms with van der Waals surface area (Å²) in [5, 5.41) is 4.30. The van der Waals surface area contributed by atoms with Crippen LogP contribution in [-0.2, 0) is 6.67 Å². The Hall–Kier alpha value is -1.58. The van der Waals surface area contributed by atoms with Gasteiger partial charge in [-0.05, 0) is 35.7 Å². The molecule has 0 unspecified atom stereocenters. The largest absolute Gasteiger partial charge is 0.389 e. The standard InChI is InChI=1S/C12H14BrF3N6/c1-7-17-10-8-9(19-11(13)18-8)21(6-22(10)20-7)5-3-2-4-12(14,15)16/h2-6H2,1H3,(H,18,19). The van der Waals surface area contributed by atoms with Crippen molar-refractivity contribution >= 4 is 21.7 Å². The van der Waals surface area contributed by atoms with Gasteiger partial charge in [0, 0.05) is 13.0 Å². The predicted octanol–water partition coefficient (Wildman–Crippen LogP) is 3.25. The SMILES string of the molecule is Cc1nc2n(n1)CN(CCCCC(F)(F)F)c1nc(Br)[nH]c1-2. The predicted molar refractivity (Wildman–Crippen MR) is 77.3 cm³/mol. The van der Waals surface area contributed by atoms with E-state index in [-0.39, 0.29) is 6.42 Å². The molecule has 0 aliphatic carbocycles. The number of nitrogens with zero attached hydrogens (tertiary/aromatic N) is 5. The number of nitrogens with one attached hydrogen (secondary N) is 1. The molecule has 22 heavy (non-hydrogen) atoms. The number of hydrogen-bond donors (Lipinski definition) is 1. The van der Waals surface area contributed by atoms with Gasteiger partial charge in [-0.1, -0.05) is 0 Å². The number of alkyl halides is 3.